The molecule has 5 rings (SSSR count). The molecule has 0 saturated heterocycles. The van der Waals surface area contributed by atoms with Crippen LogP contribution in [0.25, 0.3) is 0 Å². The molecular formula is C31H31NO4. The lowest BCUT2D eigenvalue weighted by molar-refractivity contribution is 0.282. The van der Waals surface area contributed by atoms with Crippen molar-refractivity contribution < 1.29 is 18.9 Å². The predicted molar refractivity (Wildman–Crippen MR) is 141 cm³/mol. The normalized spacial score (nSPS) is 14.6. The summed E-state index contributed by atoms with van der Waals surface area (Å²) in [6, 6.07) is 30.9. The predicted octanol–water partition coefficient (Wildman–Crippen LogP) is 6.25. The Labute approximate surface area is 212 Å². The van der Waals surface area contributed by atoms with Crippen LogP contribution in [0.15, 0.2) is 91.0 Å². The van der Waals surface area contributed by atoms with Gasteiger partial charge in [0.25, 0.3) is 0 Å². The fourth-order valence-electron chi connectivity index (χ4n) is 4.53. The maximum absolute atomic E-state index is 6.16. The van der Waals surface area contributed by atoms with Crippen LogP contribution in [0.3, 0.4) is 0 Å². The van der Waals surface area contributed by atoms with Crippen LogP contribution in [0, 0.1) is 0 Å². The third kappa shape index (κ3) is 5.47. The SMILES string of the molecule is COc1ccc(C2Cc3cc(OCc4ccccc4)c(OC)cc3CN2)cc1OCc1ccccc1. The number of benzene rings is 4. The van der Waals surface area contributed by atoms with Gasteiger partial charge >= 0.3 is 0 Å². The van der Waals surface area contributed by atoms with Gasteiger partial charge in [0.15, 0.2) is 23.0 Å². The van der Waals surface area contributed by atoms with Crippen molar-refractivity contribution in [2.24, 2.45) is 0 Å². The molecule has 5 heteroatoms. The maximum Gasteiger partial charge on any atom is 0.161 e. The Balaban J connectivity index is 1.34. The quantitative estimate of drug-likeness (QED) is 0.306. The van der Waals surface area contributed by atoms with Crippen LogP contribution < -0.4 is 24.3 Å². The van der Waals surface area contributed by atoms with Gasteiger partial charge in [-0.05, 0) is 58.5 Å². The second-order valence-corrected chi connectivity index (χ2v) is 8.87. The van der Waals surface area contributed by atoms with Gasteiger partial charge in [-0.1, -0.05) is 66.7 Å². The summed E-state index contributed by atoms with van der Waals surface area (Å²) in [5.41, 5.74) is 5.88. The van der Waals surface area contributed by atoms with E-state index >= 15 is 0 Å². The first-order chi connectivity index (χ1) is 17.7. The molecule has 0 bridgehead atoms. The lowest BCUT2D eigenvalue weighted by Crippen LogP contribution is -2.28. The Morgan fingerprint density at radius 1 is 0.639 bits per heavy atom. The molecule has 0 radical (unpaired) electrons. The average Bonchev–Trinajstić information content (AvgIpc) is 2.95. The maximum atomic E-state index is 6.16. The zero-order valence-electron chi connectivity index (χ0n) is 20.7. The third-order valence-electron chi connectivity index (χ3n) is 6.51. The smallest absolute Gasteiger partial charge is 0.161 e. The number of hydrogen-bond donors (Lipinski definition) is 1. The van der Waals surface area contributed by atoms with Gasteiger partial charge in [-0.25, -0.2) is 0 Å². The number of rotatable bonds is 9. The van der Waals surface area contributed by atoms with E-state index in [2.05, 4.69) is 53.8 Å². The lowest BCUT2D eigenvalue weighted by atomic mass is 9.91. The number of nitrogens with one attached hydrogen (secondary N) is 1. The van der Waals surface area contributed by atoms with Crippen molar-refractivity contribution in [3.8, 4) is 23.0 Å². The Kier molecular flexibility index (Phi) is 7.39. The third-order valence-corrected chi connectivity index (χ3v) is 6.51. The molecule has 36 heavy (non-hydrogen) atoms. The molecule has 0 amide bonds. The van der Waals surface area contributed by atoms with E-state index < -0.39 is 0 Å². The summed E-state index contributed by atoms with van der Waals surface area (Å²) in [5.74, 6) is 2.99. The molecular weight excluding hydrogens is 450 g/mol. The van der Waals surface area contributed by atoms with Gasteiger partial charge in [0.05, 0.1) is 14.2 Å². The number of fused-ring (bicyclic) bond motifs is 1. The molecule has 4 aromatic rings. The minimum atomic E-state index is 0.151. The summed E-state index contributed by atoms with van der Waals surface area (Å²) in [6.45, 7) is 1.74. The van der Waals surface area contributed by atoms with Crippen LogP contribution in [-0.4, -0.2) is 14.2 Å². The van der Waals surface area contributed by atoms with E-state index in [1.807, 2.05) is 42.5 Å². The molecule has 1 N–H and O–H groups in total. The molecule has 1 atom stereocenters. The van der Waals surface area contributed by atoms with E-state index in [1.165, 1.54) is 11.1 Å². The summed E-state index contributed by atoms with van der Waals surface area (Å²) in [5, 5.41) is 3.67. The molecule has 0 spiro atoms. The van der Waals surface area contributed by atoms with E-state index in [0.717, 1.165) is 52.7 Å². The lowest BCUT2D eigenvalue weighted by Gasteiger charge is -2.28. The molecule has 4 aromatic carbocycles. The van der Waals surface area contributed by atoms with Crippen molar-refractivity contribution in [2.75, 3.05) is 14.2 Å². The Hall–Kier alpha value is -3.96. The Bertz CT molecular complexity index is 1290. The van der Waals surface area contributed by atoms with Crippen LogP contribution in [0.4, 0.5) is 0 Å². The van der Waals surface area contributed by atoms with E-state index in [0.29, 0.717) is 13.2 Å². The highest BCUT2D eigenvalue weighted by Gasteiger charge is 2.23. The van der Waals surface area contributed by atoms with Gasteiger partial charge in [0.2, 0.25) is 0 Å². The van der Waals surface area contributed by atoms with E-state index in [-0.39, 0.29) is 6.04 Å². The highest BCUT2D eigenvalue weighted by atomic mass is 16.5. The van der Waals surface area contributed by atoms with Crippen molar-refractivity contribution in [3.63, 3.8) is 0 Å². The molecule has 1 aliphatic heterocycles. The molecule has 0 aliphatic carbocycles. The molecule has 0 fully saturated rings. The number of ether oxygens (including phenoxy) is 4. The summed E-state index contributed by atoms with van der Waals surface area (Å²) in [6.07, 6.45) is 0.839. The van der Waals surface area contributed by atoms with E-state index in [4.69, 9.17) is 18.9 Å². The number of hydrogen-bond acceptors (Lipinski definition) is 5. The molecule has 0 saturated carbocycles. The Morgan fingerprint density at radius 2 is 1.22 bits per heavy atom. The van der Waals surface area contributed by atoms with Crippen molar-refractivity contribution in [3.05, 3.63) is 119 Å². The summed E-state index contributed by atoms with van der Waals surface area (Å²) >= 11 is 0. The second kappa shape index (κ2) is 11.2. The fraction of sp³-hybridized carbons (Fsp3) is 0.226. The van der Waals surface area contributed by atoms with Crippen LogP contribution in [0.2, 0.25) is 0 Å². The summed E-state index contributed by atoms with van der Waals surface area (Å²) in [4.78, 5) is 0. The zero-order chi connectivity index (χ0) is 24.7. The fourth-order valence-corrected chi connectivity index (χ4v) is 4.53. The Morgan fingerprint density at radius 3 is 1.83 bits per heavy atom. The second-order valence-electron chi connectivity index (χ2n) is 8.87. The molecule has 1 heterocycles. The van der Waals surface area contributed by atoms with Crippen LogP contribution in [-0.2, 0) is 26.2 Å². The topological polar surface area (TPSA) is 49.0 Å². The van der Waals surface area contributed by atoms with Gasteiger partial charge in [-0.2, -0.15) is 0 Å². The van der Waals surface area contributed by atoms with Gasteiger partial charge < -0.3 is 24.3 Å². The minimum absolute atomic E-state index is 0.151. The monoisotopic (exact) mass is 481 g/mol. The first-order valence-electron chi connectivity index (χ1n) is 12.2. The van der Waals surface area contributed by atoms with E-state index in [9.17, 15) is 0 Å². The molecule has 0 aromatic heterocycles. The molecule has 5 nitrogen and oxygen atoms in total. The first-order valence-corrected chi connectivity index (χ1v) is 12.2. The van der Waals surface area contributed by atoms with Crippen LogP contribution in [0.1, 0.15) is 33.9 Å². The van der Waals surface area contributed by atoms with E-state index in [1.54, 1.807) is 14.2 Å². The van der Waals surface area contributed by atoms with Crippen molar-refractivity contribution >= 4 is 0 Å². The van der Waals surface area contributed by atoms with Gasteiger partial charge in [-0.15, -0.1) is 0 Å². The van der Waals surface area contributed by atoms with Gasteiger partial charge in [0.1, 0.15) is 13.2 Å². The highest BCUT2D eigenvalue weighted by molar-refractivity contribution is 5.50. The largest absolute Gasteiger partial charge is 0.493 e. The molecule has 184 valence electrons. The van der Waals surface area contributed by atoms with Crippen molar-refractivity contribution in [1.29, 1.82) is 0 Å². The van der Waals surface area contributed by atoms with Gasteiger partial charge in [-0.3, -0.25) is 0 Å². The minimum Gasteiger partial charge on any atom is -0.493 e. The number of methoxy groups -OCH3 is 2. The standard InChI is InChI=1S/C31H31NO4/c1-33-28-14-13-24(16-30(28)35-20-22-9-5-3-6-10-22)27-15-25-17-31(29(34-2)18-26(25)19-32-27)36-21-23-11-7-4-8-12-23/h3-14,16-18,27,32H,15,19-21H2,1-2H3. The first kappa shape index (κ1) is 23.8. The van der Waals surface area contributed by atoms with Gasteiger partial charge in [0, 0.05) is 12.6 Å². The molecule has 1 unspecified atom stereocenters. The van der Waals surface area contributed by atoms with Crippen molar-refractivity contribution in [2.45, 2.75) is 32.2 Å². The van der Waals surface area contributed by atoms with Crippen LogP contribution >= 0.6 is 0 Å². The summed E-state index contributed by atoms with van der Waals surface area (Å²) in [7, 11) is 3.36. The molecule has 1 aliphatic rings. The summed E-state index contributed by atoms with van der Waals surface area (Å²) < 4.78 is 23.5. The zero-order valence-corrected chi connectivity index (χ0v) is 20.7. The van der Waals surface area contributed by atoms with Crippen LogP contribution in [0.5, 0.6) is 23.0 Å². The average molecular weight is 482 g/mol. The van der Waals surface area contributed by atoms with Crippen molar-refractivity contribution in [1.82, 2.24) is 5.32 Å². The highest BCUT2D eigenvalue weighted by Crippen LogP contribution is 2.38.